The number of hydrogen-bond acceptors (Lipinski definition) is 6. The molecule has 0 N–H and O–H groups in total. The van der Waals surface area contributed by atoms with Gasteiger partial charge in [-0.1, -0.05) is 322 Å². The van der Waals surface area contributed by atoms with Crippen molar-refractivity contribution in [1.29, 1.82) is 0 Å². The van der Waals surface area contributed by atoms with Crippen LogP contribution in [0.2, 0.25) is 0 Å². The molecule has 0 aliphatic rings. The highest BCUT2D eigenvalue weighted by atomic mass is 15.2. The molecule has 0 amide bonds. The van der Waals surface area contributed by atoms with E-state index in [1.165, 1.54) is 38.1 Å². The first-order chi connectivity index (χ1) is 55.6. The molecule has 22 aromatic rings. The Morgan fingerprint density at radius 2 is 0.411 bits per heavy atom. The summed E-state index contributed by atoms with van der Waals surface area (Å²) in [7, 11) is 0. The van der Waals surface area contributed by atoms with Gasteiger partial charge in [-0.15, -0.1) is 0 Å². The minimum Gasteiger partial charge on any atom is -0.309 e. The number of rotatable bonds is 12. The molecule has 0 atom stereocenters. The van der Waals surface area contributed by atoms with Crippen molar-refractivity contribution < 1.29 is 0 Å². The van der Waals surface area contributed by atoms with Crippen molar-refractivity contribution in [2.75, 3.05) is 0 Å². The lowest BCUT2D eigenvalue weighted by Crippen LogP contribution is -2.06. The second-order valence-corrected chi connectivity index (χ2v) is 28.1. The lowest BCUT2D eigenvalue weighted by atomic mass is 10.0. The molecule has 10 heteroatoms. The topological polar surface area (TPSA) is 97.1 Å². The zero-order valence-electron chi connectivity index (χ0n) is 60.6. The maximum atomic E-state index is 5.32. The van der Waals surface area contributed by atoms with Crippen molar-refractivity contribution in [3.63, 3.8) is 0 Å². The van der Waals surface area contributed by atoms with E-state index in [1.54, 1.807) is 0 Å². The normalized spacial score (nSPS) is 11.6. The summed E-state index contributed by atoms with van der Waals surface area (Å²) in [5.74, 6) is 3.57. The van der Waals surface area contributed by atoms with Crippen LogP contribution in [0, 0.1) is 0 Å². The number of benzene rings is 16. The minimum absolute atomic E-state index is 0.563. The summed E-state index contributed by atoms with van der Waals surface area (Å²) >= 11 is 0. The summed E-state index contributed by atoms with van der Waals surface area (Å²) in [6, 6.07) is 140. The van der Waals surface area contributed by atoms with Crippen LogP contribution in [0.5, 0.6) is 0 Å². The summed E-state index contributed by atoms with van der Waals surface area (Å²) in [6.45, 7) is 0. The molecule has 524 valence electrons. The highest BCUT2D eigenvalue weighted by molar-refractivity contribution is 6.27. The molecule has 112 heavy (non-hydrogen) atoms. The van der Waals surface area contributed by atoms with Gasteiger partial charge in [0.1, 0.15) is 0 Å². The third-order valence-corrected chi connectivity index (χ3v) is 21.5. The molecule has 6 aromatic heterocycles. The molecule has 0 aliphatic carbocycles. The average molecular weight is 1430 g/mol. The van der Waals surface area contributed by atoms with Gasteiger partial charge in [0, 0.05) is 76.7 Å². The van der Waals surface area contributed by atoms with Crippen LogP contribution < -0.4 is 0 Å². The van der Waals surface area contributed by atoms with Crippen molar-refractivity contribution in [3.8, 4) is 113 Å². The Bertz CT molecular complexity index is 7240. The Kier molecular flexibility index (Phi) is 16.0. The van der Waals surface area contributed by atoms with Gasteiger partial charge < -0.3 is 9.13 Å². The van der Waals surface area contributed by atoms with E-state index in [0.717, 1.165) is 127 Å². The summed E-state index contributed by atoms with van der Waals surface area (Å²) in [6.07, 6.45) is 0. The van der Waals surface area contributed by atoms with E-state index in [-0.39, 0.29) is 0 Å². The van der Waals surface area contributed by atoms with E-state index < -0.39 is 0 Å². The Hall–Kier alpha value is -15.3. The fraction of sp³-hybridized carbons (Fsp3) is 0. The lowest BCUT2D eigenvalue weighted by Gasteiger charge is -2.12. The molecule has 10 nitrogen and oxygen atoms in total. The smallest absolute Gasteiger partial charge is 0.238 e. The first-order valence-electron chi connectivity index (χ1n) is 37.7. The first kappa shape index (κ1) is 65.1. The van der Waals surface area contributed by atoms with E-state index in [4.69, 9.17) is 29.9 Å². The molecule has 6 heterocycles. The largest absolute Gasteiger partial charge is 0.309 e. The SMILES string of the molecule is c1ccc(-c2ccc(-c3nc(-c4cccc(-c5ccccc5)c4)nc(-n4c5ccccc5c5c4ccc4c6ccccc6n(-c6ccccc6)c45)n3)cc2)cc1.c1ccc(-c2cccc(-c3nc(-c4cccc(-c5ccccc5)c4)nc(-n4c5ccccc5c5c4ccc4c6ccccc6n(-c6ccccc6)c45)n3)c2)cc1. The van der Waals surface area contributed by atoms with Crippen molar-refractivity contribution >= 4 is 87.2 Å². The van der Waals surface area contributed by atoms with Crippen LogP contribution in [0.4, 0.5) is 0 Å². The van der Waals surface area contributed by atoms with Gasteiger partial charge in [0.05, 0.1) is 44.1 Å². The van der Waals surface area contributed by atoms with Crippen LogP contribution in [0.15, 0.2) is 400 Å². The van der Waals surface area contributed by atoms with Crippen LogP contribution in [0.3, 0.4) is 0 Å². The number of nitrogens with zero attached hydrogens (tertiary/aromatic N) is 10. The molecule has 0 radical (unpaired) electrons. The summed E-state index contributed by atoms with van der Waals surface area (Å²) in [5.41, 5.74) is 23.7. The fourth-order valence-electron chi connectivity index (χ4n) is 16.4. The molecule has 0 spiro atoms. The second-order valence-electron chi connectivity index (χ2n) is 28.1. The molecule has 0 saturated heterocycles. The van der Waals surface area contributed by atoms with Gasteiger partial charge in [-0.25, -0.2) is 9.97 Å². The van der Waals surface area contributed by atoms with Gasteiger partial charge in [0.15, 0.2) is 23.3 Å². The summed E-state index contributed by atoms with van der Waals surface area (Å²) in [4.78, 5) is 31.6. The van der Waals surface area contributed by atoms with Crippen LogP contribution in [0.25, 0.3) is 201 Å². The van der Waals surface area contributed by atoms with E-state index in [0.29, 0.717) is 35.2 Å². The minimum atomic E-state index is 0.563. The van der Waals surface area contributed by atoms with E-state index in [2.05, 4.69) is 394 Å². The zero-order chi connectivity index (χ0) is 74.0. The second kappa shape index (κ2) is 27.5. The third kappa shape index (κ3) is 11.4. The fourth-order valence-corrected chi connectivity index (χ4v) is 16.4. The average Bonchev–Trinajstić information content (AvgIpc) is 1.55. The van der Waals surface area contributed by atoms with Gasteiger partial charge in [-0.2, -0.15) is 19.9 Å². The molecular formula is C102H66N10. The number of fused-ring (bicyclic) bond motifs is 14. The molecule has 0 aliphatic heterocycles. The predicted molar refractivity (Wildman–Crippen MR) is 460 cm³/mol. The monoisotopic (exact) mass is 1430 g/mol. The Labute approximate surface area is 645 Å². The molecule has 0 fully saturated rings. The molecule has 22 rings (SSSR count). The number of hydrogen-bond donors (Lipinski definition) is 0. The van der Waals surface area contributed by atoms with Crippen LogP contribution in [0.1, 0.15) is 0 Å². The quantitative estimate of drug-likeness (QED) is 0.121. The van der Waals surface area contributed by atoms with Gasteiger partial charge in [0.2, 0.25) is 11.9 Å². The standard InChI is InChI=1S/2C51H33N5/c1-4-16-34(17-5-1)36-20-14-22-38(32-36)49-52-50(39-23-15-21-37(33-39)35-18-6-2-7-19-35)54-51(53-49)56-45-29-13-11-27-43(45)47-46(56)31-30-42-41-26-10-12-28-44(41)55(48(42)47)40-24-8-3-9-25-40;1-4-15-34(16-5-1)36-27-29-37(30-28-36)49-52-50(39-20-14-19-38(33-39)35-17-6-2-7-18-35)54-51(53-49)56-45-26-13-11-24-43(45)47-46(56)32-31-42-41-23-10-12-25-44(41)55(48(42)47)40-21-8-3-9-22-40/h2*1-33H. The molecule has 0 bridgehead atoms. The number of aromatic nitrogens is 10. The number of para-hydroxylation sites is 6. The van der Waals surface area contributed by atoms with Crippen molar-refractivity contribution in [3.05, 3.63) is 400 Å². The van der Waals surface area contributed by atoms with E-state index >= 15 is 0 Å². The highest BCUT2D eigenvalue weighted by Crippen LogP contribution is 2.45. The molecule has 0 unspecified atom stereocenters. The maximum absolute atomic E-state index is 5.32. The molecular weight excluding hydrogens is 1370 g/mol. The van der Waals surface area contributed by atoms with Gasteiger partial charge in [-0.3, -0.25) is 9.13 Å². The molecule has 16 aromatic carbocycles. The summed E-state index contributed by atoms with van der Waals surface area (Å²) < 4.78 is 9.23. The van der Waals surface area contributed by atoms with Crippen LogP contribution >= 0.6 is 0 Å². The van der Waals surface area contributed by atoms with Gasteiger partial charge >= 0.3 is 0 Å². The van der Waals surface area contributed by atoms with Crippen molar-refractivity contribution in [2.45, 2.75) is 0 Å². The van der Waals surface area contributed by atoms with Crippen molar-refractivity contribution in [1.82, 2.24) is 48.2 Å². The lowest BCUT2D eigenvalue weighted by molar-refractivity contribution is 0.953. The molecule has 0 saturated carbocycles. The van der Waals surface area contributed by atoms with E-state index in [1.807, 2.05) is 24.3 Å². The first-order valence-corrected chi connectivity index (χ1v) is 37.7. The Morgan fingerprint density at radius 1 is 0.152 bits per heavy atom. The van der Waals surface area contributed by atoms with Gasteiger partial charge in [-0.05, 0) is 123 Å². The van der Waals surface area contributed by atoms with Crippen LogP contribution in [-0.4, -0.2) is 48.2 Å². The summed E-state index contributed by atoms with van der Waals surface area (Å²) in [5, 5.41) is 9.40. The van der Waals surface area contributed by atoms with Crippen molar-refractivity contribution in [2.24, 2.45) is 0 Å². The third-order valence-electron chi connectivity index (χ3n) is 21.5. The van der Waals surface area contributed by atoms with Gasteiger partial charge in [0.25, 0.3) is 0 Å². The maximum Gasteiger partial charge on any atom is 0.238 e. The van der Waals surface area contributed by atoms with E-state index in [9.17, 15) is 0 Å². The Morgan fingerprint density at radius 3 is 0.768 bits per heavy atom. The van der Waals surface area contributed by atoms with Crippen LogP contribution in [-0.2, 0) is 0 Å². The predicted octanol–water partition coefficient (Wildman–Crippen LogP) is 25.5. The zero-order valence-corrected chi connectivity index (χ0v) is 60.6. The Balaban J connectivity index is 0.000000141. The highest BCUT2D eigenvalue weighted by Gasteiger charge is 2.26.